The van der Waals surface area contributed by atoms with Crippen LogP contribution in [0.2, 0.25) is 0 Å². The predicted octanol–water partition coefficient (Wildman–Crippen LogP) is 3.95. The van der Waals surface area contributed by atoms with Gasteiger partial charge in [-0.1, -0.05) is 6.92 Å². The summed E-state index contributed by atoms with van der Waals surface area (Å²) in [6.45, 7) is 3.82. The zero-order chi connectivity index (χ0) is 13.5. The van der Waals surface area contributed by atoms with Gasteiger partial charge in [0.05, 0.1) is 13.2 Å². The molecule has 0 spiro atoms. The van der Waals surface area contributed by atoms with Crippen molar-refractivity contribution in [2.45, 2.75) is 32.2 Å². The van der Waals surface area contributed by atoms with Gasteiger partial charge in [-0.25, -0.2) is 0 Å². The van der Waals surface area contributed by atoms with Crippen LogP contribution in [0.15, 0.2) is 34.7 Å². The molecule has 1 saturated carbocycles. The molecule has 4 rings (SSSR count). The molecule has 1 aromatic heterocycles. The van der Waals surface area contributed by atoms with Gasteiger partial charge in [-0.15, -0.1) is 0 Å². The third-order valence-electron chi connectivity index (χ3n) is 4.31. The summed E-state index contributed by atoms with van der Waals surface area (Å²) in [6.07, 6.45) is 2.28. The number of hydrogen-bond donors (Lipinski definition) is 1. The molecule has 0 bridgehead atoms. The van der Waals surface area contributed by atoms with E-state index in [4.69, 9.17) is 9.15 Å². The van der Waals surface area contributed by atoms with Crippen molar-refractivity contribution >= 4 is 5.69 Å². The van der Waals surface area contributed by atoms with E-state index in [0.29, 0.717) is 5.92 Å². The van der Waals surface area contributed by atoms with Crippen LogP contribution in [-0.4, -0.2) is 6.61 Å². The topological polar surface area (TPSA) is 34.4 Å². The van der Waals surface area contributed by atoms with Gasteiger partial charge in [-0.05, 0) is 48.2 Å². The van der Waals surface area contributed by atoms with E-state index < -0.39 is 0 Å². The molecule has 2 unspecified atom stereocenters. The Morgan fingerprint density at radius 1 is 1.25 bits per heavy atom. The molecule has 0 radical (unpaired) electrons. The second-order valence-electron chi connectivity index (χ2n) is 5.90. The van der Waals surface area contributed by atoms with E-state index >= 15 is 0 Å². The Morgan fingerprint density at radius 2 is 2.15 bits per heavy atom. The SMILES string of the molecule is CC1CC1c1ccc(CNc2ccc3c(c2)CCO3)o1. The first-order valence-corrected chi connectivity index (χ1v) is 7.38. The lowest BCUT2D eigenvalue weighted by Gasteiger charge is -2.06. The molecule has 2 aliphatic rings. The van der Waals surface area contributed by atoms with Crippen molar-refractivity contribution in [2.75, 3.05) is 11.9 Å². The van der Waals surface area contributed by atoms with E-state index in [1.807, 2.05) is 6.07 Å². The molecule has 1 N–H and O–H groups in total. The summed E-state index contributed by atoms with van der Waals surface area (Å²) in [5.74, 6) is 4.63. The third kappa shape index (κ3) is 2.17. The fourth-order valence-electron chi connectivity index (χ4n) is 2.89. The van der Waals surface area contributed by atoms with E-state index in [0.717, 1.165) is 48.4 Å². The minimum Gasteiger partial charge on any atom is -0.493 e. The molecule has 2 aromatic rings. The zero-order valence-corrected chi connectivity index (χ0v) is 11.7. The number of hydrogen-bond acceptors (Lipinski definition) is 3. The summed E-state index contributed by atoms with van der Waals surface area (Å²) in [7, 11) is 0. The molecule has 1 fully saturated rings. The Morgan fingerprint density at radius 3 is 3.00 bits per heavy atom. The maximum Gasteiger partial charge on any atom is 0.123 e. The Hall–Kier alpha value is -1.90. The molecule has 1 aromatic carbocycles. The van der Waals surface area contributed by atoms with Gasteiger partial charge in [0.1, 0.15) is 17.3 Å². The smallest absolute Gasteiger partial charge is 0.123 e. The molecule has 3 heteroatoms. The normalized spacial score (nSPS) is 23.2. The number of benzene rings is 1. The fourth-order valence-corrected chi connectivity index (χ4v) is 2.89. The van der Waals surface area contributed by atoms with Crippen molar-refractivity contribution in [3.63, 3.8) is 0 Å². The summed E-state index contributed by atoms with van der Waals surface area (Å²) < 4.78 is 11.4. The van der Waals surface area contributed by atoms with E-state index in [1.54, 1.807) is 0 Å². The number of nitrogens with one attached hydrogen (secondary N) is 1. The first kappa shape index (κ1) is 11.9. The molecule has 1 aliphatic carbocycles. The number of fused-ring (bicyclic) bond motifs is 1. The highest BCUT2D eigenvalue weighted by molar-refractivity contribution is 5.52. The van der Waals surface area contributed by atoms with Crippen molar-refractivity contribution in [3.8, 4) is 5.75 Å². The number of anilines is 1. The summed E-state index contributed by atoms with van der Waals surface area (Å²) >= 11 is 0. The fraction of sp³-hybridized carbons (Fsp3) is 0.412. The Balaban J connectivity index is 1.41. The maximum absolute atomic E-state index is 5.91. The molecular weight excluding hydrogens is 250 g/mol. The number of ether oxygens (including phenoxy) is 1. The van der Waals surface area contributed by atoms with E-state index in [1.165, 1.54) is 12.0 Å². The molecule has 0 amide bonds. The molecule has 2 heterocycles. The minimum absolute atomic E-state index is 0.654. The molecular formula is C17H19NO2. The van der Waals surface area contributed by atoms with Gasteiger partial charge in [0, 0.05) is 18.0 Å². The number of furan rings is 1. The van der Waals surface area contributed by atoms with Crippen molar-refractivity contribution in [1.82, 2.24) is 0 Å². The average molecular weight is 269 g/mol. The summed E-state index contributed by atoms with van der Waals surface area (Å²) in [5, 5.41) is 3.43. The summed E-state index contributed by atoms with van der Waals surface area (Å²) in [6, 6.07) is 10.5. The quantitative estimate of drug-likeness (QED) is 0.912. The van der Waals surface area contributed by atoms with E-state index in [9.17, 15) is 0 Å². The molecule has 3 nitrogen and oxygen atoms in total. The summed E-state index contributed by atoms with van der Waals surface area (Å²) in [4.78, 5) is 0. The van der Waals surface area contributed by atoms with Crippen molar-refractivity contribution in [3.05, 3.63) is 47.4 Å². The lowest BCUT2D eigenvalue weighted by atomic mass is 10.1. The van der Waals surface area contributed by atoms with Gasteiger partial charge in [0.15, 0.2) is 0 Å². The molecule has 2 atom stereocenters. The molecule has 0 saturated heterocycles. The largest absolute Gasteiger partial charge is 0.493 e. The van der Waals surface area contributed by atoms with Gasteiger partial charge < -0.3 is 14.5 Å². The molecule has 1 aliphatic heterocycles. The van der Waals surface area contributed by atoms with Crippen LogP contribution in [0.1, 0.15) is 36.3 Å². The van der Waals surface area contributed by atoms with Gasteiger partial charge in [0.25, 0.3) is 0 Å². The van der Waals surface area contributed by atoms with Crippen LogP contribution in [0, 0.1) is 5.92 Å². The lowest BCUT2D eigenvalue weighted by Crippen LogP contribution is -1.98. The minimum atomic E-state index is 0.654. The predicted molar refractivity (Wildman–Crippen MR) is 78.2 cm³/mol. The highest BCUT2D eigenvalue weighted by Gasteiger charge is 2.36. The third-order valence-corrected chi connectivity index (χ3v) is 4.31. The first-order valence-electron chi connectivity index (χ1n) is 7.38. The summed E-state index contributed by atoms with van der Waals surface area (Å²) in [5.41, 5.74) is 2.42. The van der Waals surface area contributed by atoms with E-state index in [-0.39, 0.29) is 0 Å². The molecule has 20 heavy (non-hydrogen) atoms. The first-order chi connectivity index (χ1) is 9.79. The Kier molecular flexibility index (Phi) is 2.72. The van der Waals surface area contributed by atoms with Crippen molar-refractivity contribution in [1.29, 1.82) is 0 Å². The Labute approximate surface area is 118 Å². The van der Waals surface area contributed by atoms with Crippen LogP contribution in [-0.2, 0) is 13.0 Å². The highest BCUT2D eigenvalue weighted by Crippen LogP contribution is 2.47. The van der Waals surface area contributed by atoms with Crippen LogP contribution in [0.25, 0.3) is 0 Å². The van der Waals surface area contributed by atoms with Crippen LogP contribution >= 0.6 is 0 Å². The maximum atomic E-state index is 5.91. The Bertz CT molecular complexity index is 632. The van der Waals surface area contributed by atoms with Crippen LogP contribution in [0.4, 0.5) is 5.69 Å². The zero-order valence-electron chi connectivity index (χ0n) is 11.7. The van der Waals surface area contributed by atoms with Crippen LogP contribution in [0.5, 0.6) is 5.75 Å². The van der Waals surface area contributed by atoms with Gasteiger partial charge in [-0.3, -0.25) is 0 Å². The monoisotopic (exact) mass is 269 g/mol. The molecule has 104 valence electrons. The lowest BCUT2D eigenvalue weighted by molar-refractivity contribution is 0.357. The van der Waals surface area contributed by atoms with Crippen LogP contribution in [0.3, 0.4) is 0 Å². The van der Waals surface area contributed by atoms with Crippen LogP contribution < -0.4 is 10.1 Å². The second-order valence-corrected chi connectivity index (χ2v) is 5.90. The standard InChI is InChI=1S/C17H19NO2/c1-11-8-15(11)17-5-3-14(20-17)10-18-13-2-4-16-12(9-13)6-7-19-16/h2-5,9,11,15,18H,6-8,10H2,1H3. The van der Waals surface area contributed by atoms with Crippen molar-refractivity contribution in [2.24, 2.45) is 5.92 Å². The van der Waals surface area contributed by atoms with Gasteiger partial charge >= 0.3 is 0 Å². The van der Waals surface area contributed by atoms with Gasteiger partial charge in [-0.2, -0.15) is 0 Å². The van der Waals surface area contributed by atoms with Crippen molar-refractivity contribution < 1.29 is 9.15 Å². The number of rotatable bonds is 4. The second kappa shape index (κ2) is 4.58. The van der Waals surface area contributed by atoms with Gasteiger partial charge in [0.2, 0.25) is 0 Å². The van der Waals surface area contributed by atoms with E-state index in [2.05, 4.69) is 36.5 Å². The highest BCUT2D eigenvalue weighted by atomic mass is 16.5. The average Bonchev–Trinajstić information content (AvgIpc) is 2.91.